The van der Waals surface area contributed by atoms with Gasteiger partial charge in [-0.1, -0.05) is 93.1 Å². The summed E-state index contributed by atoms with van der Waals surface area (Å²) in [6.07, 6.45) is 0.579. The van der Waals surface area contributed by atoms with Crippen molar-refractivity contribution < 1.29 is 14.3 Å². The van der Waals surface area contributed by atoms with E-state index in [2.05, 4.69) is 25.6 Å². The van der Waals surface area contributed by atoms with Crippen molar-refractivity contribution in [3.05, 3.63) is 158 Å². The highest BCUT2D eigenvalue weighted by Gasteiger charge is 2.34. The number of ether oxygens (including phenoxy) is 1. The molecule has 0 saturated heterocycles. The number of aromatic nitrogens is 4. The van der Waals surface area contributed by atoms with Crippen molar-refractivity contribution >= 4 is 45.5 Å². The van der Waals surface area contributed by atoms with Gasteiger partial charge in [0.05, 0.1) is 22.3 Å². The minimum atomic E-state index is -0.424. The molecular weight excluding hydrogens is 701 g/mol. The molecule has 2 heterocycles. The highest BCUT2D eigenvalue weighted by Crippen LogP contribution is 2.44. The van der Waals surface area contributed by atoms with Crippen molar-refractivity contribution in [3.8, 4) is 22.9 Å². The van der Waals surface area contributed by atoms with Crippen molar-refractivity contribution in [2.75, 3.05) is 10.6 Å². The summed E-state index contributed by atoms with van der Waals surface area (Å²) in [4.78, 5) is 56.5. The number of carbonyl (C=O) groups is 2. The third-order valence-electron chi connectivity index (χ3n) is 9.76. The average molecular weight is 743 g/mol. The van der Waals surface area contributed by atoms with E-state index < -0.39 is 11.3 Å². The van der Waals surface area contributed by atoms with Gasteiger partial charge in [0.2, 0.25) is 5.95 Å². The van der Waals surface area contributed by atoms with E-state index in [9.17, 15) is 14.4 Å². The van der Waals surface area contributed by atoms with E-state index in [4.69, 9.17) is 4.74 Å². The summed E-state index contributed by atoms with van der Waals surface area (Å²) in [5.41, 5.74) is 7.20. The van der Waals surface area contributed by atoms with Gasteiger partial charge in [0.1, 0.15) is 11.6 Å². The molecule has 2 aromatic heterocycles. The number of hydrogen-bond acceptors (Lipinski definition) is 9. The van der Waals surface area contributed by atoms with Gasteiger partial charge < -0.3 is 19.9 Å². The zero-order valence-corrected chi connectivity index (χ0v) is 32.4. The Morgan fingerprint density at radius 3 is 2.12 bits per heavy atom. The topological polar surface area (TPSA) is 128 Å². The smallest absolute Gasteiger partial charge is 0.327 e. The van der Waals surface area contributed by atoms with Crippen molar-refractivity contribution in [2.24, 2.45) is 7.05 Å². The lowest BCUT2D eigenvalue weighted by molar-refractivity contribution is 0.102. The highest BCUT2D eigenvalue weighted by atomic mass is 16.5. The number of hydrogen-bond donors (Lipinski definition) is 2. The molecule has 0 bridgehead atoms. The van der Waals surface area contributed by atoms with Crippen LogP contribution in [0.2, 0.25) is 0 Å². The number of para-hydroxylation sites is 1. The van der Waals surface area contributed by atoms with E-state index in [0.717, 1.165) is 28.1 Å². The number of pyridine rings is 1. The Labute approximate surface area is 325 Å². The fourth-order valence-corrected chi connectivity index (χ4v) is 7.06. The number of anilines is 4. The molecule has 0 saturated carbocycles. The van der Waals surface area contributed by atoms with E-state index in [0.29, 0.717) is 68.4 Å². The van der Waals surface area contributed by atoms with Crippen molar-refractivity contribution in [1.82, 2.24) is 19.5 Å². The quantitative estimate of drug-likeness (QED) is 0.139. The lowest BCUT2D eigenvalue weighted by Gasteiger charge is -2.26. The summed E-state index contributed by atoms with van der Waals surface area (Å²) in [5, 5.41) is 7.44. The molecule has 2 N–H and O–H groups in total. The minimum Gasteiger partial charge on any atom is -0.424 e. The van der Waals surface area contributed by atoms with Gasteiger partial charge >= 0.3 is 6.01 Å². The molecule has 1 aliphatic carbocycles. The first-order valence-corrected chi connectivity index (χ1v) is 18.7. The number of nitrogens with zero attached hydrogens (tertiary/aromatic N) is 4. The van der Waals surface area contributed by atoms with E-state index in [-0.39, 0.29) is 17.4 Å². The van der Waals surface area contributed by atoms with Crippen molar-refractivity contribution in [1.29, 1.82) is 0 Å². The van der Waals surface area contributed by atoms with Crippen LogP contribution >= 0.6 is 0 Å². The van der Waals surface area contributed by atoms with E-state index in [1.165, 1.54) is 4.57 Å². The molecule has 56 heavy (non-hydrogen) atoms. The molecule has 1 aliphatic rings. The molecule has 0 radical (unpaired) electrons. The Hall–Kier alpha value is -6.94. The molecule has 10 nitrogen and oxygen atoms in total. The summed E-state index contributed by atoms with van der Waals surface area (Å²) < 4.78 is 7.41. The van der Waals surface area contributed by atoms with Gasteiger partial charge in [-0.25, -0.2) is 0 Å². The van der Waals surface area contributed by atoms with Crippen LogP contribution in [0.5, 0.6) is 11.8 Å². The van der Waals surface area contributed by atoms with Gasteiger partial charge in [-0.05, 0) is 73.9 Å². The van der Waals surface area contributed by atoms with Crippen molar-refractivity contribution in [2.45, 2.75) is 48.0 Å². The van der Waals surface area contributed by atoms with Crippen LogP contribution in [0.3, 0.4) is 0 Å². The van der Waals surface area contributed by atoms with Gasteiger partial charge in [0, 0.05) is 46.9 Å². The number of aryl methyl sites for hydroxylation is 5. The summed E-state index contributed by atoms with van der Waals surface area (Å²) >= 11 is 0. The first kappa shape index (κ1) is 37.4. The summed E-state index contributed by atoms with van der Waals surface area (Å²) in [6, 6.07) is 31.5. The molecule has 280 valence electrons. The van der Waals surface area contributed by atoms with Crippen LogP contribution < -0.4 is 20.9 Å². The highest BCUT2D eigenvalue weighted by molar-refractivity contribution is 6.31. The lowest BCUT2D eigenvalue weighted by atomic mass is 9.80. The minimum absolute atomic E-state index is 0.0337. The number of rotatable bonds is 9. The Morgan fingerprint density at radius 1 is 0.714 bits per heavy atom. The fourth-order valence-electron chi connectivity index (χ4n) is 7.06. The molecular formula is C46H42N6O4. The maximum absolute atomic E-state index is 14.5. The maximum Gasteiger partial charge on any atom is 0.327 e. The second-order valence-electron chi connectivity index (χ2n) is 13.4. The predicted molar refractivity (Wildman–Crippen MR) is 222 cm³/mol. The number of nitrogens with one attached hydrogen (secondary N) is 2. The van der Waals surface area contributed by atoms with Gasteiger partial charge in [-0.2, -0.15) is 15.0 Å². The van der Waals surface area contributed by atoms with E-state index in [1.807, 2.05) is 108 Å². The lowest BCUT2D eigenvalue weighted by Crippen LogP contribution is -2.29. The Bertz CT molecular complexity index is 2740. The SMILES string of the molecule is CC.CCc1nc(Nc2cc(Nc3ccc4c5c3C(=O)c3ccccc3-c5c(C(=O)c3cccc(C)c3)c(=O)n4C)c(C)cc2C)nc(Oc2ccccc2)n1. The third-order valence-corrected chi connectivity index (χ3v) is 9.76. The molecule has 5 aromatic carbocycles. The molecule has 0 unspecified atom stereocenters. The van der Waals surface area contributed by atoms with Gasteiger partial charge in [0.25, 0.3) is 5.56 Å². The van der Waals surface area contributed by atoms with Crippen molar-refractivity contribution in [3.63, 3.8) is 0 Å². The number of ketones is 2. The summed E-state index contributed by atoms with van der Waals surface area (Å²) in [7, 11) is 1.64. The van der Waals surface area contributed by atoms with E-state index in [1.54, 1.807) is 43.4 Å². The second-order valence-corrected chi connectivity index (χ2v) is 13.4. The van der Waals surface area contributed by atoms with Crippen LogP contribution in [0.4, 0.5) is 23.0 Å². The average Bonchev–Trinajstić information content (AvgIpc) is 3.21. The van der Waals surface area contributed by atoms with E-state index >= 15 is 0 Å². The first-order valence-electron chi connectivity index (χ1n) is 18.7. The maximum atomic E-state index is 14.5. The van der Waals surface area contributed by atoms with Crippen LogP contribution in [0, 0.1) is 20.8 Å². The third kappa shape index (κ3) is 6.81. The molecule has 7 aromatic rings. The number of carbonyl (C=O) groups excluding carboxylic acids is 2. The zero-order chi connectivity index (χ0) is 39.7. The molecule has 0 amide bonds. The Kier molecular flexibility index (Phi) is 10.3. The number of benzene rings is 5. The Morgan fingerprint density at radius 2 is 1.41 bits per heavy atom. The standard InChI is InChI=1S/C44H36N6O4.C2H6/c1-6-35-47-43(49-44(48-35)54-28-15-8-7-9-16-28)46-33-23-32(25(3)22-26(33)4)45-31-19-20-34-38-36(29-17-10-11-18-30(29)41(52)37(31)38)39(42(53)50(34)5)40(51)27-14-12-13-24(2)21-27;1-2/h7-23,45H,6H2,1-5H3,(H,46,47,48,49);1-2H3. The van der Waals surface area contributed by atoms with Crippen LogP contribution in [0.1, 0.15) is 75.1 Å². The van der Waals surface area contributed by atoms with Crippen LogP contribution in [0.25, 0.3) is 22.0 Å². The van der Waals surface area contributed by atoms with Gasteiger partial charge in [-0.3, -0.25) is 14.4 Å². The molecule has 10 heteroatoms. The predicted octanol–water partition coefficient (Wildman–Crippen LogP) is 9.96. The molecule has 0 fully saturated rings. The van der Waals surface area contributed by atoms with Gasteiger partial charge in [-0.15, -0.1) is 0 Å². The fraction of sp³-hybridized carbons (Fsp3) is 0.174. The normalized spacial score (nSPS) is 11.4. The largest absolute Gasteiger partial charge is 0.424 e. The zero-order valence-electron chi connectivity index (χ0n) is 32.4. The van der Waals surface area contributed by atoms with Gasteiger partial charge in [0.15, 0.2) is 11.6 Å². The molecule has 0 atom stereocenters. The van der Waals surface area contributed by atoms with Crippen LogP contribution in [-0.2, 0) is 13.5 Å². The molecule has 0 aliphatic heterocycles. The monoisotopic (exact) mass is 742 g/mol. The number of fused-ring (bicyclic) bond motifs is 2. The first-order chi connectivity index (χ1) is 27.1. The second kappa shape index (κ2) is 15.4. The summed E-state index contributed by atoms with van der Waals surface area (Å²) in [5.74, 6) is 0.915. The molecule has 8 rings (SSSR count). The summed E-state index contributed by atoms with van der Waals surface area (Å²) in [6.45, 7) is 11.8. The molecule has 0 spiro atoms. The van der Waals surface area contributed by atoms with Crippen LogP contribution in [-0.4, -0.2) is 31.1 Å². The Balaban J connectivity index is 0.00000237. The van der Waals surface area contributed by atoms with Crippen LogP contribution in [0.15, 0.2) is 108 Å².